The molecule has 0 atom stereocenters. The molecule has 3 rings (SSSR count). The summed E-state index contributed by atoms with van der Waals surface area (Å²) >= 11 is 0. The van der Waals surface area contributed by atoms with Gasteiger partial charge in [-0.1, -0.05) is 6.92 Å². The second-order valence-corrected chi connectivity index (χ2v) is 5.00. The van der Waals surface area contributed by atoms with Crippen molar-refractivity contribution in [3.63, 3.8) is 0 Å². The fraction of sp³-hybridized carbons (Fsp3) is 0.250. The predicted octanol–water partition coefficient (Wildman–Crippen LogP) is 3.29. The summed E-state index contributed by atoms with van der Waals surface area (Å²) in [6, 6.07) is 5.89. The number of nitrogens with one attached hydrogen (secondary N) is 1. The fourth-order valence-electron chi connectivity index (χ4n) is 2.28. The van der Waals surface area contributed by atoms with Crippen molar-refractivity contribution in [3.05, 3.63) is 47.9 Å². The summed E-state index contributed by atoms with van der Waals surface area (Å²) in [7, 11) is 0. The van der Waals surface area contributed by atoms with Gasteiger partial charge in [0.1, 0.15) is 5.76 Å². The molecular weight excluding hydrogens is 264 g/mol. The summed E-state index contributed by atoms with van der Waals surface area (Å²) in [5, 5.41) is 5.37. The minimum atomic E-state index is 0.542. The number of nitrogens with two attached hydrogens (primary N) is 1. The quantitative estimate of drug-likeness (QED) is 0.718. The average Bonchev–Trinajstić information content (AvgIpc) is 2.94. The zero-order chi connectivity index (χ0) is 14.8. The van der Waals surface area contributed by atoms with Crippen LogP contribution in [0.15, 0.2) is 35.0 Å². The van der Waals surface area contributed by atoms with E-state index in [0.717, 1.165) is 40.0 Å². The van der Waals surface area contributed by atoms with Gasteiger partial charge in [0, 0.05) is 40.5 Å². The van der Waals surface area contributed by atoms with Gasteiger partial charge in [-0.15, -0.1) is 0 Å². The Morgan fingerprint density at radius 1 is 1.19 bits per heavy atom. The second-order valence-electron chi connectivity index (χ2n) is 5.00. The van der Waals surface area contributed by atoms with Gasteiger partial charge < -0.3 is 15.5 Å². The van der Waals surface area contributed by atoms with Crippen molar-refractivity contribution in [3.8, 4) is 0 Å². The highest BCUT2D eigenvalue weighted by Crippen LogP contribution is 2.28. The topological polar surface area (TPSA) is 77.0 Å². The van der Waals surface area contributed by atoms with Crippen molar-refractivity contribution < 1.29 is 4.42 Å². The monoisotopic (exact) mass is 282 g/mol. The molecule has 108 valence electrons. The lowest BCUT2D eigenvalue weighted by Gasteiger charge is -2.10. The van der Waals surface area contributed by atoms with E-state index in [0.29, 0.717) is 12.4 Å². The van der Waals surface area contributed by atoms with E-state index in [1.165, 1.54) is 0 Å². The Bertz CT molecular complexity index is 779. The van der Waals surface area contributed by atoms with E-state index in [1.54, 1.807) is 6.20 Å². The molecular formula is C16H18N4O. The van der Waals surface area contributed by atoms with Gasteiger partial charge in [0.2, 0.25) is 5.89 Å². The molecule has 0 amide bonds. The molecule has 0 radical (unpaired) electrons. The van der Waals surface area contributed by atoms with Crippen LogP contribution in [0.25, 0.3) is 10.8 Å². The molecule has 0 bridgehead atoms. The van der Waals surface area contributed by atoms with Crippen LogP contribution < -0.4 is 11.1 Å². The van der Waals surface area contributed by atoms with Crippen LogP contribution in [-0.2, 0) is 13.0 Å². The number of hydrogen-bond donors (Lipinski definition) is 2. The standard InChI is InChI=1S/C16H18N4O/c1-3-11-7-20-16(21-11)9-19-15-5-4-14(17)13-8-18-10(2)6-12(13)15/h4-8,19H,3,9,17H2,1-2H3. The summed E-state index contributed by atoms with van der Waals surface area (Å²) in [6.07, 6.45) is 4.43. The van der Waals surface area contributed by atoms with Gasteiger partial charge in [-0.05, 0) is 25.1 Å². The summed E-state index contributed by atoms with van der Waals surface area (Å²) in [5.74, 6) is 1.58. The summed E-state index contributed by atoms with van der Waals surface area (Å²) in [5.41, 5.74) is 8.69. The van der Waals surface area contributed by atoms with Crippen LogP contribution in [0.4, 0.5) is 11.4 Å². The molecule has 21 heavy (non-hydrogen) atoms. The third-order valence-electron chi connectivity index (χ3n) is 3.45. The molecule has 0 aliphatic carbocycles. The Balaban J connectivity index is 1.89. The predicted molar refractivity (Wildman–Crippen MR) is 84.1 cm³/mol. The van der Waals surface area contributed by atoms with E-state index in [1.807, 2.05) is 38.2 Å². The van der Waals surface area contributed by atoms with Crippen molar-refractivity contribution in [1.82, 2.24) is 9.97 Å². The Kier molecular flexibility index (Phi) is 3.48. The van der Waals surface area contributed by atoms with Crippen LogP contribution in [0, 0.1) is 6.92 Å². The molecule has 0 saturated heterocycles. The van der Waals surface area contributed by atoms with Crippen molar-refractivity contribution in [2.45, 2.75) is 26.8 Å². The third-order valence-corrected chi connectivity index (χ3v) is 3.45. The van der Waals surface area contributed by atoms with Crippen LogP contribution in [0.1, 0.15) is 24.3 Å². The average molecular weight is 282 g/mol. The molecule has 2 aromatic heterocycles. The number of nitrogens with zero attached hydrogens (tertiary/aromatic N) is 2. The summed E-state index contributed by atoms with van der Waals surface area (Å²) in [4.78, 5) is 8.55. The minimum Gasteiger partial charge on any atom is -0.444 e. The SMILES string of the molecule is CCc1cnc(CNc2ccc(N)c3cnc(C)cc23)o1. The highest BCUT2D eigenvalue weighted by Gasteiger charge is 2.07. The normalized spacial score (nSPS) is 11.0. The lowest BCUT2D eigenvalue weighted by atomic mass is 10.1. The van der Waals surface area contributed by atoms with E-state index in [4.69, 9.17) is 10.2 Å². The number of pyridine rings is 1. The van der Waals surface area contributed by atoms with E-state index < -0.39 is 0 Å². The number of fused-ring (bicyclic) bond motifs is 1. The Morgan fingerprint density at radius 2 is 2.05 bits per heavy atom. The number of benzene rings is 1. The first-order valence-corrected chi connectivity index (χ1v) is 6.99. The van der Waals surface area contributed by atoms with Gasteiger partial charge >= 0.3 is 0 Å². The van der Waals surface area contributed by atoms with Gasteiger partial charge in [-0.25, -0.2) is 4.98 Å². The third kappa shape index (κ3) is 2.67. The second kappa shape index (κ2) is 5.44. The summed E-state index contributed by atoms with van der Waals surface area (Å²) in [6.45, 7) is 4.55. The first-order chi connectivity index (χ1) is 10.2. The number of oxazole rings is 1. The number of anilines is 2. The lowest BCUT2D eigenvalue weighted by molar-refractivity contribution is 0.466. The number of hydrogen-bond acceptors (Lipinski definition) is 5. The molecule has 0 unspecified atom stereocenters. The Hall–Kier alpha value is -2.56. The van der Waals surface area contributed by atoms with Gasteiger partial charge in [0.25, 0.3) is 0 Å². The van der Waals surface area contributed by atoms with Crippen molar-refractivity contribution in [2.24, 2.45) is 0 Å². The number of aryl methyl sites for hydroxylation is 2. The van der Waals surface area contributed by atoms with E-state index in [9.17, 15) is 0 Å². The first kappa shape index (κ1) is 13.4. The smallest absolute Gasteiger partial charge is 0.213 e. The maximum Gasteiger partial charge on any atom is 0.213 e. The molecule has 0 aliphatic heterocycles. The zero-order valence-corrected chi connectivity index (χ0v) is 12.2. The zero-order valence-electron chi connectivity index (χ0n) is 12.2. The van der Waals surface area contributed by atoms with Gasteiger partial charge in [-0.3, -0.25) is 4.98 Å². The van der Waals surface area contributed by atoms with Gasteiger partial charge in [-0.2, -0.15) is 0 Å². The molecule has 3 aromatic rings. The fourth-order valence-corrected chi connectivity index (χ4v) is 2.28. The first-order valence-electron chi connectivity index (χ1n) is 6.99. The minimum absolute atomic E-state index is 0.542. The molecule has 0 spiro atoms. The Labute approximate surface area is 123 Å². The van der Waals surface area contributed by atoms with Crippen molar-refractivity contribution >= 4 is 22.1 Å². The maximum atomic E-state index is 6.01. The van der Waals surface area contributed by atoms with Gasteiger partial charge in [0.15, 0.2) is 0 Å². The lowest BCUT2D eigenvalue weighted by Crippen LogP contribution is -2.01. The Morgan fingerprint density at radius 3 is 2.81 bits per heavy atom. The van der Waals surface area contributed by atoms with Gasteiger partial charge in [0.05, 0.1) is 12.7 Å². The van der Waals surface area contributed by atoms with Crippen LogP contribution in [-0.4, -0.2) is 9.97 Å². The number of nitrogen functional groups attached to an aromatic ring is 1. The molecule has 5 nitrogen and oxygen atoms in total. The maximum absolute atomic E-state index is 6.01. The molecule has 0 aliphatic rings. The van der Waals surface area contributed by atoms with E-state index in [-0.39, 0.29) is 0 Å². The van der Waals surface area contributed by atoms with Crippen molar-refractivity contribution in [1.29, 1.82) is 0 Å². The molecule has 3 N–H and O–H groups in total. The number of rotatable bonds is 4. The summed E-state index contributed by atoms with van der Waals surface area (Å²) < 4.78 is 5.60. The van der Waals surface area contributed by atoms with Crippen LogP contribution in [0.3, 0.4) is 0 Å². The number of aromatic nitrogens is 2. The highest BCUT2D eigenvalue weighted by molar-refractivity contribution is 6.00. The van der Waals surface area contributed by atoms with Crippen molar-refractivity contribution in [2.75, 3.05) is 11.1 Å². The molecule has 2 heterocycles. The molecule has 5 heteroatoms. The molecule has 0 saturated carbocycles. The molecule has 1 aromatic carbocycles. The van der Waals surface area contributed by atoms with Crippen LogP contribution in [0.2, 0.25) is 0 Å². The van der Waals surface area contributed by atoms with Crippen LogP contribution in [0.5, 0.6) is 0 Å². The molecule has 0 fully saturated rings. The largest absolute Gasteiger partial charge is 0.444 e. The van der Waals surface area contributed by atoms with E-state index >= 15 is 0 Å². The highest BCUT2D eigenvalue weighted by atomic mass is 16.4. The van der Waals surface area contributed by atoms with Crippen LogP contribution >= 0.6 is 0 Å². The van der Waals surface area contributed by atoms with E-state index in [2.05, 4.69) is 15.3 Å².